The Hall–Kier alpha value is -1.92. The summed E-state index contributed by atoms with van der Waals surface area (Å²) in [5, 5.41) is 20.3. The van der Waals surface area contributed by atoms with E-state index in [1.54, 1.807) is 12.1 Å². The van der Waals surface area contributed by atoms with Gasteiger partial charge in [0, 0.05) is 5.41 Å². The normalized spacial score (nSPS) is 14.0. The van der Waals surface area contributed by atoms with Crippen molar-refractivity contribution in [1.29, 1.82) is 0 Å². The molecule has 0 aliphatic heterocycles. The van der Waals surface area contributed by atoms with Gasteiger partial charge < -0.3 is 10.2 Å². The van der Waals surface area contributed by atoms with Gasteiger partial charge in [-0.05, 0) is 22.9 Å². The van der Waals surface area contributed by atoms with E-state index in [-0.39, 0.29) is 4.90 Å². The molecule has 0 saturated carbocycles. The molecule has 0 aliphatic rings. The second-order valence-electron chi connectivity index (χ2n) is 6.00. The van der Waals surface area contributed by atoms with Crippen LogP contribution in [0.5, 0.6) is 0 Å². The average molecular weight is 322 g/mol. The molecule has 6 heteroatoms. The van der Waals surface area contributed by atoms with Gasteiger partial charge in [0.1, 0.15) is 0 Å². The van der Waals surface area contributed by atoms with Crippen LogP contribution in [-0.4, -0.2) is 36.5 Å². The van der Waals surface area contributed by atoms with Crippen LogP contribution in [0.2, 0.25) is 0 Å². The lowest BCUT2D eigenvalue weighted by molar-refractivity contribution is -0.152. The molecule has 0 aromatic heterocycles. The van der Waals surface area contributed by atoms with Gasteiger partial charge in [-0.1, -0.05) is 44.2 Å². The molecule has 0 amide bonds. The Morgan fingerprint density at radius 2 is 1.73 bits per heavy atom. The van der Waals surface area contributed by atoms with Crippen LogP contribution in [0.4, 0.5) is 0 Å². The standard InChI is InChI=1S/C16H18O5S/c1-16(2,14(17)15(18)19)10-22(20,21)13-8-7-11-5-3-4-6-12(11)9-13/h3-9,14,17H,10H2,1-2H3,(H,18,19). The third-order valence-corrected chi connectivity index (χ3v) is 5.71. The lowest BCUT2D eigenvalue weighted by Crippen LogP contribution is -2.41. The van der Waals surface area contributed by atoms with Crippen molar-refractivity contribution < 1.29 is 23.4 Å². The topological polar surface area (TPSA) is 91.7 Å². The van der Waals surface area contributed by atoms with Gasteiger partial charge in [-0.25, -0.2) is 13.2 Å². The van der Waals surface area contributed by atoms with Crippen LogP contribution in [-0.2, 0) is 14.6 Å². The number of aliphatic hydroxyl groups excluding tert-OH is 1. The molecular weight excluding hydrogens is 304 g/mol. The zero-order valence-corrected chi connectivity index (χ0v) is 13.2. The number of carbonyl (C=O) groups is 1. The smallest absolute Gasteiger partial charge is 0.333 e. The van der Waals surface area contributed by atoms with E-state index in [0.717, 1.165) is 10.8 Å². The quantitative estimate of drug-likeness (QED) is 0.879. The number of rotatable bonds is 5. The third-order valence-electron chi connectivity index (χ3n) is 3.62. The fourth-order valence-electron chi connectivity index (χ4n) is 2.35. The van der Waals surface area contributed by atoms with Gasteiger partial charge in [-0.15, -0.1) is 0 Å². The largest absolute Gasteiger partial charge is 0.479 e. The number of carboxylic acids is 1. The Bertz CT molecular complexity index is 808. The first-order chi connectivity index (χ1) is 10.1. The number of benzene rings is 2. The molecule has 22 heavy (non-hydrogen) atoms. The molecule has 5 nitrogen and oxygen atoms in total. The van der Waals surface area contributed by atoms with Crippen molar-refractivity contribution in [2.75, 3.05) is 5.75 Å². The zero-order valence-electron chi connectivity index (χ0n) is 12.4. The zero-order chi connectivity index (χ0) is 16.5. The minimum absolute atomic E-state index is 0.122. The third kappa shape index (κ3) is 3.28. The van der Waals surface area contributed by atoms with E-state index in [9.17, 15) is 18.3 Å². The minimum atomic E-state index is -3.71. The van der Waals surface area contributed by atoms with E-state index >= 15 is 0 Å². The highest BCUT2D eigenvalue weighted by molar-refractivity contribution is 7.91. The van der Waals surface area contributed by atoms with E-state index in [1.807, 2.05) is 24.3 Å². The molecule has 2 aromatic carbocycles. The van der Waals surface area contributed by atoms with E-state index in [4.69, 9.17) is 5.11 Å². The van der Waals surface area contributed by atoms with E-state index in [0.29, 0.717) is 0 Å². The number of hydrogen-bond donors (Lipinski definition) is 2. The molecule has 2 N–H and O–H groups in total. The van der Waals surface area contributed by atoms with Crippen molar-refractivity contribution >= 4 is 26.6 Å². The summed E-state index contributed by atoms with van der Waals surface area (Å²) in [5.41, 5.74) is -1.30. The van der Waals surface area contributed by atoms with Gasteiger partial charge in [0.15, 0.2) is 15.9 Å². The monoisotopic (exact) mass is 322 g/mol. The Labute approximate surface area is 129 Å². The summed E-state index contributed by atoms with van der Waals surface area (Å²) in [6.07, 6.45) is -1.75. The maximum atomic E-state index is 12.5. The summed E-state index contributed by atoms with van der Waals surface area (Å²) in [7, 11) is -3.71. The average Bonchev–Trinajstić information content (AvgIpc) is 2.44. The number of carboxylic acid groups (broad SMARTS) is 1. The van der Waals surface area contributed by atoms with Crippen LogP contribution < -0.4 is 0 Å². The Morgan fingerprint density at radius 3 is 2.32 bits per heavy atom. The lowest BCUT2D eigenvalue weighted by atomic mass is 9.89. The predicted octanol–water partition coefficient (Wildman–Crippen LogP) is 2.09. The van der Waals surface area contributed by atoms with Crippen molar-refractivity contribution in [3.05, 3.63) is 42.5 Å². The number of sulfone groups is 1. The van der Waals surface area contributed by atoms with Gasteiger partial charge in [0.05, 0.1) is 10.6 Å². The SMILES string of the molecule is CC(C)(CS(=O)(=O)c1ccc2ccccc2c1)C(O)C(=O)O. The van der Waals surface area contributed by atoms with E-state index in [2.05, 4.69) is 0 Å². The summed E-state index contributed by atoms with van der Waals surface area (Å²) in [4.78, 5) is 11.0. The summed E-state index contributed by atoms with van der Waals surface area (Å²) in [5.74, 6) is -1.88. The van der Waals surface area contributed by atoms with Crippen molar-refractivity contribution in [2.45, 2.75) is 24.8 Å². The Morgan fingerprint density at radius 1 is 1.14 bits per heavy atom. The number of hydrogen-bond acceptors (Lipinski definition) is 4. The van der Waals surface area contributed by atoms with E-state index in [1.165, 1.54) is 19.9 Å². The fraction of sp³-hybridized carbons (Fsp3) is 0.312. The maximum absolute atomic E-state index is 12.5. The van der Waals surface area contributed by atoms with Gasteiger partial charge in [-0.3, -0.25) is 0 Å². The van der Waals surface area contributed by atoms with Gasteiger partial charge in [-0.2, -0.15) is 0 Å². The van der Waals surface area contributed by atoms with Crippen LogP contribution in [0.15, 0.2) is 47.4 Å². The first-order valence-corrected chi connectivity index (χ1v) is 8.41. The number of aliphatic hydroxyl groups is 1. The minimum Gasteiger partial charge on any atom is -0.479 e. The predicted molar refractivity (Wildman–Crippen MR) is 83.4 cm³/mol. The molecule has 2 rings (SSSR count). The summed E-state index contributed by atoms with van der Waals surface area (Å²) in [6.45, 7) is 2.84. The first-order valence-electron chi connectivity index (χ1n) is 6.76. The Kier molecular flexibility index (Phi) is 4.26. The molecule has 0 saturated heterocycles. The second kappa shape index (κ2) is 5.70. The van der Waals surface area contributed by atoms with Crippen molar-refractivity contribution in [3.63, 3.8) is 0 Å². The molecular formula is C16H18O5S. The fourth-order valence-corrected chi connectivity index (χ4v) is 4.23. The van der Waals surface area contributed by atoms with Crippen LogP contribution in [0.1, 0.15) is 13.8 Å². The second-order valence-corrected chi connectivity index (χ2v) is 7.99. The molecule has 0 spiro atoms. The summed E-state index contributed by atoms with van der Waals surface area (Å²) in [6, 6.07) is 12.1. The van der Waals surface area contributed by atoms with Crippen LogP contribution in [0.3, 0.4) is 0 Å². The summed E-state index contributed by atoms with van der Waals surface area (Å²) < 4.78 is 25.0. The molecule has 118 valence electrons. The van der Waals surface area contributed by atoms with Crippen LogP contribution in [0, 0.1) is 5.41 Å². The molecule has 0 heterocycles. The van der Waals surface area contributed by atoms with Crippen LogP contribution in [0.25, 0.3) is 10.8 Å². The van der Waals surface area contributed by atoms with E-state index < -0.39 is 33.1 Å². The molecule has 1 unspecified atom stereocenters. The highest BCUT2D eigenvalue weighted by atomic mass is 32.2. The molecule has 0 bridgehead atoms. The summed E-state index contributed by atoms with van der Waals surface area (Å²) >= 11 is 0. The van der Waals surface area contributed by atoms with Gasteiger partial charge in [0.2, 0.25) is 0 Å². The van der Waals surface area contributed by atoms with Crippen molar-refractivity contribution in [3.8, 4) is 0 Å². The molecule has 0 radical (unpaired) electrons. The van der Waals surface area contributed by atoms with Crippen LogP contribution >= 0.6 is 0 Å². The van der Waals surface area contributed by atoms with Gasteiger partial charge >= 0.3 is 5.97 Å². The first kappa shape index (κ1) is 16.5. The molecule has 0 aliphatic carbocycles. The number of fused-ring (bicyclic) bond motifs is 1. The number of aliphatic carboxylic acids is 1. The highest BCUT2D eigenvalue weighted by Crippen LogP contribution is 2.28. The van der Waals surface area contributed by atoms with Gasteiger partial charge in [0.25, 0.3) is 0 Å². The Balaban J connectivity index is 2.38. The molecule has 1 atom stereocenters. The lowest BCUT2D eigenvalue weighted by Gasteiger charge is -2.27. The van der Waals surface area contributed by atoms with Crippen molar-refractivity contribution in [1.82, 2.24) is 0 Å². The van der Waals surface area contributed by atoms with Crippen molar-refractivity contribution in [2.24, 2.45) is 5.41 Å². The molecule has 0 fully saturated rings. The maximum Gasteiger partial charge on any atom is 0.333 e. The highest BCUT2D eigenvalue weighted by Gasteiger charge is 2.38. The molecule has 2 aromatic rings.